The van der Waals surface area contributed by atoms with Crippen molar-refractivity contribution in [2.75, 3.05) is 0 Å². The number of aromatic hydroxyl groups is 1. The van der Waals surface area contributed by atoms with Gasteiger partial charge in [0, 0.05) is 6.07 Å². The number of phenolic OH excluding ortho intramolecular Hbond substituents is 1. The molecular formula is C12H15NO3. The van der Waals surface area contributed by atoms with E-state index < -0.39 is 4.92 Å². The summed E-state index contributed by atoms with van der Waals surface area (Å²) in [5.74, 6) is 0.370. The fraction of sp³-hybridized carbons (Fsp3) is 0.500. The summed E-state index contributed by atoms with van der Waals surface area (Å²) in [4.78, 5) is 10.2. The Hall–Kier alpha value is -1.58. The van der Waals surface area contributed by atoms with Gasteiger partial charge in [-0.05, 0) is 30.4 Å². The van der Waals surface area contributed by atoms with E-state index in [-0.39, 0.29) is 11.4 Å². The van der Waals surface area contributed by atoms with Gasteiger partial charge in [0.05, 0.1) is 11.0 Å². The molecule has 1 aromatic rings. The lowest BCUT2D eigenvalue weighted by atomic mass is 9.84. The number of nitro benzene ring substituents is 1. The molecule has 1 fully saturated rings. The van der Waals surface area contributed by atoms with E-state index in [4.69, 9.17) is 0 Å². The molecule has 0 saturated heterocycles. The van der Waals surface area contributed by atoms with Gasteiger partial charge in [0.2, 0.25) is 0 Å². The summed E-state index contributed by atoms with van der Waals surface area (Å²) < 4.78 is 0. The normalized spacial score (nSPS) is 17.2. The maximum absolute atomic E-state index is 10.7. The van der Waals surface area contributed by atoms with Crippen LogP contribution in [0.5, 0.6) is 5.75 Å². The first kappa shape index (κ1) is 10.9. The summed E-state index contributed by atoms with van der Waals surface area (Å²) in [5, 5.41) is 20.2. The molecule has 1 aliphatic carbocycles. The van der Waals surface area contributed by atoms with Gasteiger partial charge in [0.25, 0.3) is 5.69 Å². The Balaban J connectivity index is 2.28. The van der Waals surface area contributed by atoms with Crippen LogP contribution in [0.2, 0.25) is 0 Å². The van der Waals surface area contributed by atoms with Gasteiger partial charge in [-0.2, -0.15) is 0 Å². The molecule has 0 radical (unpaired) electrons. The van der Waals surface area contributed by atoms with E-state index in [1.54, 1.807) is 12.1 Å². The van der Waals surface area contributed by atoms with Crippen LogP contribution in [0.4, 0.5) is 5.69 Å². The van der Waals surface area contributed by atoms with Crippen molar-refractivity contribution >= 4 is 5.69 Å². The van der Waals surface area contributed by atoms with Gasteiger partial charge >= 0.3 is 0 Å². The Morgan fingerprint density at radius 1 is 1.19 bits per heavy atom. The Morgan fingerprint density at radius 3 is 2.50 bits per heavy atom. The van der Waals surface area contributed by atoms with E-state index in [9.17, 15) is 15.2 Å². The molecule has 86 valence electrons. The van der Waals surface area contributed by atoms with E-state index in [0.29, 0.717) is 5.92 Å². The highest BCUT2D eigenvalue weighted by molar-refractivity contribution is 5.43. The van der Waals surface area contributed by atoms with Gasteiger partial charge in [-0.15, -0.1) is 0 Å². The fourth-order valence-corrected chi connectivity index (χ4v) is 2.40. The second kappa shape index (κ2) is 4.51. The van der Waals surface area contributed by atoms with Gasteiger partial charge < -0.3 is 5.11 Å². The fourth-order valence-electron chi connectivity index (χ4n) is 2.40. The van der Waals surface area contributed by atoms with Crippen LogP contribution in [0, 0.1) is 10.1 Å². The average Bonchev–Trinajstić information content (AvgIpc) is 2.29. The zero-order valence-corrected chi connectivity index (χ0v) is 9.06. The van der Waals surface area contributed by atoms with Crippen molar-refractivity contribution in [2.24, 2.45) is 0 Å². The molecule has 2 rings (SSSR count). The Labute approximate surface area is 94.1 Å². The van der Waals surface area contributed by atoms with Crippen LogP contribution in [0.25, 0.3) is 0 Å². The molecule has 0 aromatic heterocycles. The first-order valence-electron chi connectivity index (χ1n) is 5.65. The minimum Gasteiger partial charge on any atom is -0.508 e. The minimum atomic E-state index is -0.452. The largest absolute Gasteiger partial charge is 0.508 e. The SMILES string of the molecule is O=[N+]([O-])c1cc(O)cc(C2CCCCC2)c1. The molecule has 0 unspecified atom stereocenters. The number of nitro groups is 1. The number of hydrogen-bond donors (Lipinski definition) is 1. The highest BCUT2D eigenvalue weighted by Crippen LogP contribution is 2.35. The highest BCUT2D eigenvalue weighted by Gasteiger charge is 2.19. The molecule has 16 heavy (non-hydrogen) atoms. The van der Waals surface area contributed by atoms with Crippen LogP contribution in [0.15, 0.2) is 18.2 Å². The third kappa shape index (κ3) is 2.32. The molecule has 0 aliphatic heterocycles. The minimum absolute atomic E-state index is 0.00484. The predicted octanol–water partition coefficient (Wildman–Crippen LogP) is 3.35. The molecule has 0 spiro atoms. The summed E-state index contributed by atoms with van der Waals surface area (Å²) >= 11 is 0. The molecule has 4 heteroatoms. The van der Waals surface area contributed by atoms with Crippen molar-refractivity contribution in [1.29, 1.82) is 0 Å². The Kier molecular flexibility index (Phi) is 3.08. The van der Waals surface area contributed by atoms with Gasteiger partial charge in [-0.3, -0.25) is 10.1 Å². The smallest absolute Gasteiger partial charge is 0.273 e. The second-order valence-corrected chi connectivity index (χ2v) is 4.37. The summed E-state index contributed by atoms with van der Waals surface area (Å²) in [6.07, 6.45) is 5.74. The van der Waals surface area contributed by atoms with E-state index in [0.717, 1.165) is 18.4 Å². The van der Waals surface area contributed by atoms with Gasteiger partial charge in [0.1, 0.15) is 5.75 Å². The quantitative estimate of drug-likeness (QED) is 0.615. The van der Waals surface area contributed by atoms with Gasteiger partial charge in [-0.25, -0.2) is 0 Å². The standard InChI is InChI=1S/C12H15NO3/c14-12-7-10(6-11(8-12)13(15)16)9-4-2-1-3-5-9/h6-9,14H,1-5H2. The predicted molar refractivity (Wildman–Crippen MR) is 60.6 cm³/mol. The first-order valence-corrected chi connectivity index (χ1v) is 5.65. The monoisotopic (exact) mass is 221 g/mol. The van der Waals surface area contributed by atoms with Crippen molar-refractivity contribution in [3.05, 3.63) is 33.9 Å². The lowest BCUT2D eigenvalue weighted by Crippen LogP contribution is -2.04. The van der Waals surface area contributed by atoms with Gasteiger partial charge in [0.15, 0.2) is 0 Å². The van der Waals surface area contributed by atoms with Crippen LogP contribution >= 0.6 is 0 Å². The van der Waals surface area contributed by atoms with Gasteiger partial charge in [-0.1, -0.05) is 19.3 Å². The number of benzene rings is 1. The molecule has 1 N–H and O–H groups in total. The molecule has 1 aliphatic rings. The lowest BCUT2D eigenvalue weighted by molar-refractivity contribution is -0.385. The highest BCUT2D eigenvalue weighted by atomic mass is 16.6. The summed E-state index contributed by atoms with van der Waals surface area (Å²) in [7, 11) is 0. The number of phenols is 1. The maximum atomic E-state index is 10.7. The van der Waals surface area contributed by atoms with Crippen LogP contribution in [0.3, 0.4) is 0 Å². The summed E-state index contributed by atoms with van der Waals surface area (Å²) in [5.41, 5.74) is 0.895. The Morgan fingerprint density at radius 2 is 1.88 bits per heavy atom. The maximum Gasteiger partial charge on any atom is 0.273 e. The lowest BCUT2D eigenvalue weighted by Gasteiger charge is -2.21. The van der Waals surface area contributed by atoms with E-state index >= 15 is 0 Å². The molecule has 0 amide bonds. The van der Waals surface area contributed by atoms with E-state index in [1.807, 2.05) is 0 Å². The topological polar surface area (TPSA) is 63.4 Å². The van der Waals surface area contributed by atoms with Crippen LogP contribution in [-0.4, -0.2) is 10.0 Å². The Bertz CT molecular complexity index is 397. The van der Waals surface area contributed by atoms with Crippen molar-refractivity contribution in [1.82, 2.24) is 0 Å². The molecule has 0 bridgehead atoms. The summed E-state index contributed by atoms with van der Waals surface area (Å²) in [6.45, 7) is 0. The molecule has 4 nitrogen and oxygen atoms in total. The number of nitrogens with zero attached hydrogens (tertiary/aromatic N) is 1. The molecule has 0 heterocycles. The number of hydrogen-bond acceptors (Lipinski definition) is 3. The van der Waals surface area contributed by atoms with Crippen molar-refractivity contribution < 1.29 is 10.0 Å². The van der Waals surface area contributed by atoms with Crippen molar-refractivity contribution in [3.63, 3.8) is 0 Å². The van der Waals surface area contributed by atoms with Crippen molar-refractivity contribution in [3.8, 4) is 5.75 Å². The zero-order valence-electron chi connectivity index (χ0n) is 9.06. The zero-order chi connectivity index (χ0) is 11.5. The van der Waals surface area contributed by atoms with Crippen LogP contribution in [0.1, 0.15) is 43.6 Å². The molecule has 1 saturated carbocycles. The number of non-ortho nitro benzene ring substituents is 1. The third-order valence-corrected chi connectivity index (χ3v) is 3.21. The molecule has 0 atom stereocenters. The van der Waals surface area contributed by atoms with Crippen molar-refractivity contribution in [2.45, 2.75) is 38.0 Å². The average molecular weight is 221 g/mol. The molecular weight excluding hydrogens is 206 g/mol. The van der Waals surface area contributed by atoms with E-state index in [2.05, 4.69) is 0 Å². The van der Waals surface area contributed by atoms with E-state index in [1.165, 1.54) is 25.3 Å². The molecule has 1 aromatic carbocycles. The summed E-state index contributed by atoms with van der Waals surface area (Å²) in [6, 6.07) is 4.45. The number of rotatable bonds is 2. The third-order valence-electron chi connectivity index (χ3n) is 3.21. The second-order valence-electron chi connectivity index (χ2n) is 4.37. The van der Waals surface area contributed by atoms with Crippen LogP contribution < -0.4 is 0 Å². The first-order chi connectivity index (χ1) is 7.66. The van der Waals surface area contributed by atoms with Crippen LogP contribution in [-0.2, 0) is 0 Å².